The Balaban J connectivity index is 1.65. The molecule has 3 fully saturated rings. The van der Waals surface area contributed by atoms with Crippen molar-refractivity contribution in [1.29, 1.82) is 0 Å². The summed E-state index contributed by atoms with van der Waals surface area (Å²) < 4.78 is 5.74. The molecule has 4 rings (SSSR count). The molecule has 2 bridgehead atoms. The Morgan fingerprint density at radius 1 is 1.32 bits per heavy atom. The van der Waals surface area contributed by atoms with Crippen molar-refractivity contribution in [3.8, 4) is 0 Å². The van der Waals surface area contributed by atoms with Crippen molar-refractivity contribution >= 4 is 5.97 Å². The number of hydrogen-bond acceptors (Lipinski definition) is 4. The first kappa shape index (κ1) is 14.2. The van der Waals surface area contributed by atoms with Gasteiger partial charge in [0.15, 0.2) is 0 Å². The molecule has 118 valence electrons. The monoisotopic (exact) mass is 303 g/mol. The van der Waals surface area contributed by atoms with Crippen molar-refractivity contribution in [3.63, 3.8) is 0 Å². The number of hydrogen-bond donors (Lipinski definition) is 2. The van der Waals surface area contributed by atoms with Crippen LogP contribution < -0.4 is 0 Å². The largest absolute Gasteiger partial charge is 0.481 e. The minimum absolute atomic E-state index is 0.354. The third-order valence-corrected chi connectivity index (χ3v) is 5.71. The van der Waals surface area contributed by atoms with E-state index in [1.807, 2.05) is 24.3 Å². The molecule has 3 aliphatic rings. The standard InChI is InChI=1S/C17H21NO4/c1-18-13-6-9(7-14(18)16-15(13)22-16)10-4-2-3-5-11(10)12(8-19)17(20)21/h2-5,9,12-16,19H,6-8H2,1H3,(H,20,21)/t9?,12?,13-,14+,15-,16+. The summed E-state index contributed by atoms with van der Waals surface area (Å²) in [5, 5.41) is 18.8. The van der Waals surface area contributed by atoms with Crippen LogP contribution in [0.2, 0.25) is 0 Å². The summed E-state index contributed by atoms with van der Waals surface area (Å²) in [6.45, 7) is -0.361. The highest BCUT2D eigenvalue weighted by molar-refractivity contribution is 5.77. The Labute approximate surface area is 129 Å². The van der Waals surface area contributed by atoms with Gasteiger partial charge < -0.3 is 14.9 Å². The van der Waals surface area contributed by atoms with E-state index in [4.69, 9.17) is 4.74 Å². The predicted octanol–water partition coefficient (Wildman–Crippen LogP) is 1.17. The molecule has 1 aromatic rings. The zero-order valence-electron chi connectivity index (χ0n) is 12.6. The van der Waals surface area contributed by atoms with Gasteiger partial charge in [-0.3, -0.25) is 9.69 Å². The summed E-state index contributed by atoms with van der Waals surface area (Å²) in [7, 11) is 2.17. The fourth-order valence-electron chi connectivity index (χ4n) is 4.51. The maximum atomic E-state index is 11.4. The van der Waals surface area contributed by atoms with Gasteiger partial charge in [-0.1, -0.05) is 24.3 Å². The lowest BCUT2D eigenvalue weighted by molar-refractivity contribution is -0.139. The summed E-state index contributed by atoms with van der Waals surface area (Å²) in [4.78, 5) is 13.9. The van der Waals surface area contributed by atoms with Gasteiger partial charge in [0.2, 0.25) is 0 Å². The van der Waals surface area contributed by atoms with Crippen LogP contribution in [0.5, 0.6) is 0 Å². The molecule has 2 N–H and O–H groups in total. The van der Waals surface area contributed by atoms with Crippen molar-refractivity contribution in [1.82, 2.24) is 4.90 Å². The SMILES string of the molecule is CN1[C@@H]2CC(c3ccccc3C(CO)C(=O)O)C[C@H]1[C@@H]1O[C@@H]12. The van der Waals surface area contributed by atoms with Crippen LogP contribution in [0.4, 0.5) is 0 Å². The minimum Gasteiger partial charge on any atom is -0.481 e. The zero-order chi connectivity index (χ0) is 15.4. The summed E-state index contributed by atoms with van der Waals surface area (Å²) in [6.07, 6.45) is 2.76. The summed E-state index contributed by atoms with van der Waals surface area (Å²) in [6, 6.07) is 8.59. The number of carbonyl (C=O) groups is 1. The number of carboxylic acids is 1. The highest BCUT2D eigenvalue weighted by atomic mass is 16.6. The molecule has 0 saturated carbocycles. The van der Waals surface area contributed by atoms with Crippen LogP contribution in [-0.4, -0.2) is 59.0 Å². The van der Waals surface area contributed by atoms with E-state index in [0.717, 1.165) is 24.0 Å². The van der Waals surface area contributed by atoms with Gasteiger partial charge in [0, 0.05) is 12.1 Å². The molecule has 1 aromatic carbocycles. The van der Waals surface area contributed by atoms with Crippen molar-refractivity contribution in [3.05, 3.63) is 35.4 Å². The number of likely N-dealkylation sites (N-methyl/N-ethyl adjacent to an activating group) is 1. The third kappa shape index (κ3) is 2.00. The lowest BCUT2D eigenvalue weighted by Crippen LogP contribution is -2.44. The second kappa shape index (κ2) is 5.05. The summed E-state index contributed by atoms with van der Waals surface area (Å²) in [5.74, 6) is -1.44. The van der Waals surface area contributed by atoms with Crippen molar-refractivity contribution < 1.29 is 19.7 Å². The molecule has 3 heterocycles. The number of epoxide rings is 1. The zero-order valence-corrected chi connectivity index (χ0v) is 12.6. The quantitative estimate of drug-likeness (QED) is 0.817. The van der Waals surface area contributed by atoms with Crippen molar-refractivity contribution in [2.24, 2.45) is 0 Å². The first-order valence-electron chi connectivity index (χ1n) is 7.91. The van der Waals surface area contributed by atoms with Crippen LogP contribution >= 0.6 is 0 Å². The molecule has 0 aliphatic carbocycles. The topological polar surface area (TPSA) is 73.3 Å². The number of aliphatic carboxylic acids is 1. The van der Waals surface area contributed by atoms with Crippen molar-refractivity contribution in [2.45, 2.75) is 49.0 Å². The normalized spacial score (nSPS) is 37.6. The Kier molecular flexibility index (Phi) is 3.25. The van der Waals surface area contributed by atoms with Crippen LogP contribution in [0.1, 0.15) is 35.8 Å². The van der Waals surface area contributed by atoms with E-state index in [1.165, 1.54) is 0 Å². The molecule has 0 amide bonds. The van der Waals surface area contributed by atoms with Gasteiger partial charge in [-0.05, 0) is 36.9 Å². The number of aliphatic hydroxyl groups excluding tert-OH is 1. The van der Waals surface area contributed by atoms with Gasteiger partial charge in [-0.15, -0.1) is 0 Å². The van der Waals surface area contributed by atoms with Gasteiger partial charge >= 0.3 is 5.97 Å². The van der Waals surface area contributed by atoms with E-state index < -0.39 is 11.9 Å². The molecule has 3 saturated heterocycles. The second-order valence-corrected chi connectivity index (χ2v) is 6.74. The molecule has 5 heteroatoms. The van der Waals surface area contributed by atoms with E-state index in [-0.39, 0.29) is 6.61 Å². The summed E-state index contributed by atoms with van der Waals surface area (Å²) in [5.41, 5.74) is 1.86. The van der Waals surface area contributed by atoms with Crippen molar-refractivity contribution in [2.75, 3.05) is 13.7 Å². The Morgan fingerprint density at radius 3 is 2.55 bits per heavy atom. The third-order valence-electron chi connectivity index (χ3n) is 5.71. The van der Waals surface area contributed by atoms with E-state index >= 15 is 0 Å². The number of ether oxygens (including phenoxy) is 1. The van der Waals surface area contributed by atoms with Gasteiger partial charge in [-0.2, -0.15) is 0 Å². The number of carboxylic acid groups (broad SMARTS) is 1. The van der Waals surface area contributed by atoms with Crippen LogP contribution in [-0.2, 0) is 9.53 Å². The van der Waals surface area contributed by atoms with Gasteiger partial charge in [0.05, 0.1) is 6.61 Å². The van der Waals surface area contributed by atoms with E-state index in [9.17, 15) is 15.0 Å². The highest BCUT2D eigenvalue weighted by Gasteiger charge is 2.62. The van der Waals surface area contributed by atoms with Gasteiger partial charge in [-0.25, -0.2) is 0 Å². The molecule has 3 aliphatic heterocycles. The molecule has 22 heavy (non-hydrogen) atoms. The highest BCUT2D eigenvalue weighted by Crippen LogP contribution is 2.52. The Morgan fingerprint density at radius 2 is 1.95 bits per heavy atom. The summed E-state index contributed by atoms with van der Waals surface area (Å²) >= 11 is 0. The maximum Gasteiger partial charge on any atom is 0.313 e. The number of piperidine rings is 1. The smallest absolute Gasteiger partial charge is 0.313 e. The molecule has 0 aromatic heterocycles. The van der Waals surface area contributed by atoms with Gasteiger partial charge in [0.25, 0.3) is 0 Å². The lowest BCUT2D eigenvalue weighted by Gasteiger charge is -2.39. The first-order valence-corrected chi connectivity index (χ1v) is 7.91. The van der Waals surface area contributed by atoms with Crippen LogP contribution in [0, 0.1) is 0 Å². The van der Waals surface area contributed by atoms with Crippen LogP contribution in [0.15, 0.2) is 24.3 Å². The number of morpholine rings is 1. The Bertz CT molecular complexity index is 586. The van der Waals surface area contributed by atoms with Crippen LogP contribution in [0.25, 0.3) is 0 Å². The molecule has 6 atom stereocenters. The average molecular weight is 303 g/mol. The average Bonchev–Trinajstić information content (AvgIpc) is 3.25. The fourth-order valence-corrected chi connectivity index (χ4v) is 4.51. The number of benzene rings is 1. The molecular formula is C17H21NO4. The van der Waals surface area contributed by atoms with E-state index in [2.05, 4.69) is 11.9 Å². The molecule has 2 unspecified atom stereocenters. The number of fused-ring (bicyclic) bond motifs is 5. The van der Waals surface area contributed by atoms with Gasteiger partial charge in [0.1, 0.15) is 18.1 Å². The lowest BCUT2D eigenvalue weighted by atomic mass is 9.80. The Hall–Kier alpha value is -1.43. The second-order valence-electron chi connectivity index (χ2n) is 6.74. The number of nitrogens with zero attached hydrogens (tertiary/aromatic N) is 1. The van der Waals surface area contributed by atoms with E-state index in [0.29, 0.717) is 30.2 Å². The molecule has 5 nitrogen and oxygen atoms in total. The van der Waals surface area contributed by atoms with Crippen LogP contribution in [0.3, 0.4) is 0 Å². The van der Waals surface area contributed by atoms with E-state index in [1.54, 1.807) is 0 Å². The number of aliphatic hydroxyl groups is 1. The molecule has 0 radical (unpaired) electrons. The predicted molar refractivity (Wildman–Crippen MR) is 79.9 cm³/mol. The number of rotatable bonds is 4. The fraction of sp³-hybridized carbons (Fsp3) is 0.588. The molecular weight excluding hydrogens is 282 g/mol. The molecule has 0 spiro atoms. The minimum atomic E-state index is -0.961. The first-order chi connectivity index (χ1) is 10.6. The maximum absolute atomic E-state index is 11.4.